The lowest BCUT2D eigenvalue weighted by Crippen LogP contribution is -2.39. The molecule has 3 rings (SSSR count). The molecule has 1 aliphatic heterocycles. The monoisotopic (exact) mass is 335 g/mol. The largest absolute Gasteiger partial charge is 0.350 e. The highest BCUT2D eigenvalue weighted by Gasteiger charge is 2.28. The van der Waals surface area contributed by atoms with E-state index in [1.165, 1.54) is 0 Å². The van der Waals surface area contributed by atoms with Crippen LogP contribution in [0.3, 0.4) is 0 Å². The Balaban J connectivity index is 1.44. The first kappa shape index (κ1) is 16.9. The van der Waals surface area contributed by atoms with Crippen LogP contribution in [-0.2, 0) is 22.6 Å². The third-order valence-corrected chi connectivity index (χ3v) is 4.18. The summed E-state index contributed by atoms with van der Waals surface area (Å²) in [7, 11) is 0. The summed E-state index contributed by atoms with van der Waals surface area (Å²) in [6.45, 7) is 0.467. The first-order chi connectivity index (χ1) is 12.2. The molecule has 25 heavy (non-hydrogen) atoms. The average molecular weight is 335 g/mol. The Bertz CT molecular complexity index is 757. The molecule has 0 saturated heterocycles. The van der Waals surface area contributed by atoms with Gasteiger partial charge in [0.25, 0.3) is 0 Å². The maximum Gasteiger partial charge on any atom is 0.244 e. The zero-order valence-electron chi connectivity index (χ0n) is 13.9. The van der Waals surface area contributed by atoms with E-state index in [1.54, 1.807) is 0 Å². The van der Waals surface area contributed by atoms with Crippen LogP contribution in [0.4, 0.5) is 0 Å². The Kier molecular flexibility index (Phi) is 5.57. The molecule has 0 aliphatic carbocycles. The van der Waals surface area contributed by atoms with E-state index in [4.69, 9.17) is 0 Å². The SMILES string of the molecule is O=C(CCc1ccccc1)C1=NNC(C(=O)NCc2ccccc2)C1. The van der Waals surface area contributed by atoms with E-state index < -0.39 is 6.04 Å². The van der Waals surface area contributed by atoms with Gasteiger partial charge in [0.15, 0.2) is 5.78 Å². The lowest BCUT2D eigenvalue weighted by atomic mass is 10.0. The fourth-order valence-corrected chi connectivity index (χ4v) is 2.72. The number of benzene rings is 2. The third kappa shape index (κ3) is 4.76. The van der Waals surface area contributed by atoms with Gasteiger partial charge in [0, 0.05) is 19.4 Å². The number of hydrogen-bond donors (Lipinski definition) is 2. The Morgan fingerprint density at radius 1 is 1.00 bits per heavy atom. The van der Waals surface area contributed by atoms with Gasteiger partial charge in [0.05, 0.1) is 0 Å². The number of ketones is 1. The molecule has 1 atom stereocenters. The van der Waals surface area contributed by atoms with Gasteiger partial charge in [0.2, 0.25) is 5.91 Å². The number of carbonyl (C=O) groups is 2. The van der Waals surface area contributed by atoms with Crippen LogP contribution >= 0.6 is 0 Å². The second-order valence-corrected chi connectivity index (χ2v) is 6.06. The minimum Gasteiger partial charge on any atom is -0.350 e. The highest BCUT2D eigenvalue weighted by molar-refractivity contribution is 6.40. The molecule has 0 spiro atoms. The number of aryl methyl sites for hydroxylation is 1. The highest BCUT2D eigenvalue weighted by atomic mass is 16.2. The molecule has 2 aromatic rings. The van der Waals surface area contributed by atoms with E-state index in [-0.39, 0.29) is 11.7 Å². The number of hydrazone groups is 1. The van der Waals surface area contributed by atoms with Crippen molar-refractivity contribution in [2.75, 3.05) is 0 Å². The van der Waals surface area contributed by atoms with Crippen LogP contribution in [0.25, 0.3) is 0 Å². The quantitative estimate of drug-likeness (QED) is 0.815. The summed E-state index contributed by atoms with van der Waals surface area (Å²) in [6.07, 6.45) is 1.43. The fourth-order valence-electron chi connectivity index (χ4n) is 2.72. The van der Waals surface area contributed by atoms with Gasteiger partial charge in [-0.05, 0) is 17.5 Å². The lowest BCUT2D eigenvalue weighted by Gasteiger charge is -2.10. The number of carbonyl (C=O) groups excluding carboxylic acids is 2. The molecule has 1 unspecified atom stereocenters. The summed E-state index contributed by atoms with van der Waals surface area (Å²) >= 11 is 0. The molecule has 0 bridgehead atoms. The van der Waals surface area contributed by atoms with E-state index in [0.29, 0.717) is 31.5 Å². The first-order valence-corrected chi connectivity index (χ1v) is 8.43. The van der Waals surface area contributed by atoms with Crippen molar-refractivity contribution in [2.24, 2.45) is 5.10 Å². The molecule has 128 valence electrons. The molecule has 0 fully saturated rings. The van der Waals surface area contributed by atoms with Crippen LogP contribution < -0.4 is 10.7 Å². The van der Waals surface area contributed by atoms with Gasteiger partial charge < -0.3 is 5.32 Å². The van der Waals surface area contributed by atoms with Gasteiger partial charge in [-0.15, -0.1) is 0 Å². The Morgan fingerprint density at radius 2 is 1.64 bits per heavy atom. The first-order valence-electron chi connectivity index (χ1n) is 8.43. The maximum atomic E-state index is 12.3. The van der Waals surface area contributed by atoms with Crippen molar-refractivity contribution in [3.63, 3.8) is 0 Å². The number of amides is 1. The predicted molar refractivity (Wildman–Crippen MR) is 97.0 cm³/mol. The minimum absolute atomic E-state index is 0.00490. The second kappa shape index (κ2) is 8.24. The number of nitrogens with one attached hydrogen (secondary N) is 2. The van der Waals surface area contributed by atoms with Gasteiger partial charge in [-0.2, -0.15) is 5.10 Å². The Labute approximate surface area is 147 Å². The molecule has 0 aromatic heterocycles. The second-order valence-electron chi connectivity index (χ2n) is 6.06. The molecule has 1 amide bonds. The van der Waals surface area contributed by atoms with Crippen molar-refractivity contribution in [3.05, 3.63) is 71.8 Å². The Morgan fingerprint density at radius 3 is 2.32 bits per heavy atom. The van der Waals surface area contributed by atoms with Crippen molar-refractivity contribution in [1.29, 1.82) is 0 Å². The highest BCUT2D eigenvalue weighted by Crippen LogP contribution is 2.10. The van der Waals surface area contributed by atoms with E-state index in [1.807, 2.05) is 60.7 Å². The van der Waals surface area contributed by atoms with Crippen LogP contribution in [0.1, 0.15) is 24.0 Å². The van der Waals surface area contributed by atoms with Crippen molar-refractivity contribution >= 4 is 17.4 Å². The molecular weight excluding hydrogens is 314 g/mol. The summed E-state index contributed by atoms with van der Waals surface area (Å²) in [5.74, 6) is -0.145. The molecule has 2 aromatic carbocycles. The van der Waals surface area contributed by atoms with E-state index >= 15 is 0 Å². The number of rotatable bonds is 7. The maximum absolute atomic E-state index is 12.3. The van der Waals surface area contributed by atoms with Crippen LogP contribution in [0.5, 0.6) is 0 Å². The summed E-state index contributed by atoms with van der Waals surface area (Å²) in [4.78, 5) is 24.5. The normalized spacial score (nSPS) is 16.0. The van der Waals surface area contributed by atoms with E-state index in [9.17, 15) is 9.59 Å². The molecule has 5 nitrogen and oxygen atoms in total. The van der Waals surface area contributed by atoms with Crippen molar-refractivity contribution < 1.29 is 9.59 Å². The van der Waals surface area contributed by atoms with Gasteiger partial charge in [-0.3, -0.25) is 15.0 Å². The zero-order valence-corrected chi connectivity index (χ0v) is 13.9. The van der Waals surface area contributed by atoms with Gasteiger partial charge >= 0.3 is 0 Å². The summed E-state index contributed by atoms with van der Waals surface area (Å²) in [5, 5.41) is 6.93. The standard InChI is InChI=1S/C20H21N3O2/c24-19(12-11-15-7-3-1-4-8-15)17-13-18(23-22-17)20(25)21-14-16-9-5-2-6-10-16/h1-10,18,23H,11-14H2,(H,21,25). The number of Topliss-reactive ketones (excluding diaryl/α,β-unsaturated/α-hetero) is 1. The summed E-state index contributed by atoms with van der Waals surface area (Å²) in [5.41, 5.74) is 5.39. The molecule has 0 radical (unpaired) electrons. The smallest absolute Gasteiger partial charge is 0.244 e. The topological polar surface area (TPSA) is 70.6 Å². The van der Waals surface area contributed by atoms with Crippen LogP contribution in [0.2, 0.25) is 0 Å². The van der Waals surface area contributed by atoms with Crippen LogP contribution in [-0.4, -0.2) is 23.4 Å². The summed E-state index contributed by atoms with van der Waals surface area (Å²) < 4.78 is 0. The number of hydrogen-bond acceptors (Lipinski definition) is 4. The molecule has 1 aliphatic rings. The van der Waals surface area contributed by atoms with Crippen LogP contribution in [0.15, 0.2) is 65.8 Å². The van der Waals surface area contributed by atoms with Crippen molar-refractivity contribution in [2.45, 2.75) is 31.8 Å². The molecule has 1 heterocycles. The minimum atomic E-state index is -0.473. The van der Waals surface area contributed by atoms with Crippen LogP contribution in [0, 0.1) is 0 Å². The van der Waals surface area contributed by atoms with Gasteiger partial charge in [-0.25, -0.2) is 0 Å². The predicted octanol–water partition coefficient (Wildman–Crippen LogP) is 2.22. The number of nitrogens with zero attached hydrogens (tertiary/aromatic N) is 1. The van der Waals surface area contributed by atoms with Gasteiger partial charge in [0.1, 0.15) is 11.8 Å². The molecule has 5 heteroatoms. The van der Waals surface area contributed by atoms with Gasteiger partial charge in [-0.1, -0.05) is 60.7 Å². The van der Waals surface area contributed by atoms with Crippen molar-refractivity contribution in [1.82, 2.24) is 10.7 Å². The zero-order chi connectivity index (χ0) is 17.5. The third-order valence-electron chi connectivity index (χ3n) is 4.18. The van der Waals surface area contributed by atoms with Crippen molar-refractivity contribution in [3.8, 4) is 0 Å². The lowest BCUT2D eigenvalue weighted by molar-refractivity contribution is -0.122. The average Bonchev–Trinajstić information content (AvgIpc) is 3.16. The Hall–Kier alpha value is -2.95. The fraction of sp³-hybridized carbons (Fsp3) is 0.250. The molecular formula is C20H21N3O2. The molecule has 2 N–H and O–H groups in total. The summed E-state index contributed by atoms with van der Waals surface area (Å²) in [6, 6.07) is 19.1. The molecule has 0 saturated carbocycles. The van der Waals surface area contributed by atoms with E-state index in [0.717, 1.165) is 11.1 Å². The van der Waals surface area contributed by atoms with E-state index in [2.05, 4.69) is 15.8 Å².